The lowest BCUT2D eigenvalue weighted by Gasteiger charge is -2.26. The molecule has 1 aliphatic rings. The van der Waals surface area contributed by atoms with E-state index in [-0.39, 0.29) is 11.9 Å². The maximum atomic E-state index is 12.3. The van der Waals surface area contributed by atoms with Crippen LogP contribution in [0.15, 0.2) is 30.5 Å². The highest BCUT2D eigenvalue weighted by atomic mass is 16.2. The summed E-state index contributed by atoms with van der Waals surface area (Å²) in [5, 5.41) is 7.16. The van der Waals surface area contributed by atoms with Gasteiger partial charge in [-0.15, -0.1) is 0 Å². The van der Waals surface area contributed by atoms with Crippen LogP contribution < -0.4 is 11.1 Å². The number of nitrogens with one attached hydrogen (secondary N) is 1. The smallest absolute Gasteiger partial charge is 0.274 e. The Hall–Kier alpha value is -2.30. The third kappa shape index (κ3) is 2.27. The second-order valence-corrected chi connectivity index (χ2v) is 5.22. The molecule has 0 fully saturated rings. The lowest BCUT2D eigenvalue weighted by Crippen LogP contribution is -2.31. The molecule has 3 rings (SSSR count). The SMILES string of the molecule is Cn1cc(N)c(C(=O)NC2CCCc3ccccc32)n1. The van der Waals surface area contributed by atoms with Crippen molar-refractivity contribution in [1.29, 1.82) is 0 Å². The van der Waals surface area contributed by atoms with Crippen molar-refractivity contribution in [3.05, 3.63) is 47.3 Å². The minimum atomic E-state index is -0.204. The molecule has 0 saturated carbocycles. The van der Waals surface area contributed by atoms with Crippen molar-refractivity contribution >= 4 is 11.6 Å². The summed E-state index contributed by atoms with van der Waals surface area (Å²) >= 11 is 0. The van der Waals surface area contributed by atoms with E-state index in [1.54, 1.807) is 17.9 Å². The minimum Gasteiger partial charge on any atom is -0.396 e. The van der Waals surface area contributed by atoms with Crippen LogP contribution in [-0.2, 0) is 13.5 Å². The summed E-state index contributed by atoms with van der Waals surface area (Å²) in [7, 11) is 1.75. The van der Waals surface area contributed by atoms with Gasteiger partial charge in [-0.1, -0.05) is 24.3 Å². The number of fused-ring (bicyclic) bond motifs is 1. The van der Waals surface area contributed by atoms with Gasteiger partial charge in [-0.2, -0.15) is 5.10 Å². The van der Waals surface area contributed by atoms with Crippen LogP contribution in [0.4, 0.5) is 5.69 Å². The van der Waals surface area contributed by atoms with E-state index in [4.69, 9.17) is 5.73 Å². The van der Waals surface area contributed by atoms with E-state index in [1.165, 1.54) is 11.1 Å². The van der Waals surface area contributed by atoms with Crippen LogP contribution >= 0.6 is 0 Å². The van der Waals surface area contributed by atoms with Gasteiger partial charge in [0.2, 0.25) is 0 Å². The van der Waals surface area contributed by atoms with Crippen molar-refractivity contribution in [3.63, 3.8) is 0 Å². The largest absolute Gasteiger partial charge is 0.396 e. The van der Waals surface area contributed by atoms with Gasteiger partial charge in [-0.25, -0.2) is 0 Å². The van der Waals surface area contributed by atoms with Gasteiger partial charge in [0.15, 0.2) is 5.69 Å². The molecule has 0 radical (unpaired) electrons. The number of aryl methyl sites for hydroxylation is 2. The molecule has 3 N–H and O–H groups in total. The molecular formula is C15H18N4O. The first-order valence-electron chi connectivity index (χ1n) is 6.83. The van der Waals surface area contributed by atoms with Crippen LogP contribution in [0.5, 0.6) is 0 Å². The summed E-state index contributed by atoms with van der Waals surface area (Å²) < 4.78 is 1.55. The zero-order chi connectivity index (χ0) is 14.1. The van der Waals surface area contributed by atoms with Gasteiger partial charge in [-0.05, 0) is 30.4 Å². The van der Waals surface area contributed by atoms with E-state index in [0.29, 0.717) is 11.4 Å². The molecular weight excluding hydrogens is 252 g/mol. The predicted octanol–water partition coefficient (Wildman–Crippen LogP) is 1.81. The summed E-state index contributed by atoms with van der Waals surface area (Å²) in [6, 6.07) is 8.32. The molecule has 1 aromatic carbocycles. The van der Waals surface area contributed by atoms with Gasteiger partial charge in [0.25, 0.3) is 5.91 Å². The Morgan fingerprint density at radius 3 is 3.00 bits per heavy atom. The first-order chi connectivity index (χ1) is 9.65. The molecule has 1 atom stereocenters. The van der Waals surface area contributed by atoms with Gasteiger partial charge in [0, 0.05) is 13.2 Å². The Morgan fingerprint density at radius 1 is 1.45 bits per heavy atom. The maximum absolute atomic E-state index is 12.3. The number of amides is 1. The molecule has 1 aromatic heterocycles. The maximum Gasteiger partial charge on any atom is 0.274 e. The molecule has 1 heterocycles. The third-order valence-electron chi connectivity index (χ3n) is 3.75. The lowest BCUT2D eigenvalue weighted by atomic mass is 9.87. The van der Waals surface area contributed by atoms with E-state index in [1.807, 2.05) is 12.1 Å². The predicted molar refractivity (Wildman–Crippen MR) is 77.2 cm³/mol. The number of aromatic nitrogens is 2. The van der Waals surface area contributed by atoms with Gasteiger partial charge < -0.3 is 11.1 Å². The summed E-state index contributed by atoms with van der Waals surface area (Å²) in [6.45, 7) is 0. The first kappa shape index (κ1) is 12.7. The lowest BCUT2D eigenvalue weighted by molar-refractivity contribution is 0.0928. The van der Waals surface area contributed by atoms with Crippen molar-refractivity contribution in [3.8, 4) is 0 Å². The fraction of sp³-hybridized carbons (Fsp3) is 0.333. The average Bonchev–Trinajstić information content (AvgIpc) is 2.78. The monoisotopic (exact) mass is 270 g/mol. The normalized spacial score (nSPS) is 17.6. The molecule has 20 heavy (non-hydrogen) atoms. The number of carbonyl (C=O) groups excluding carboxylic acids is 1. The van der Waals surface area contributed by atoms with Crippen LogP contribution in [0.3, 0.4) is 0 Å². The number of nitrogens with zero attached hydrogens (tertiary/aromatic N) is 2. The molecule has 0 bridgehead atoms. The summed E-state index contributed by atoms with van der Waals surface area (Å²) in [5.41, 5.74) is 9.04. The van der Waals surface area contributed by atoms with Crippen LogP contribution in [0.1, 0.15) is 40.5 Å². The van der Waals surface area contributed by atoms with Crippen molar-refractivity contribution in [2.75, 3.05) is 5.73 Å². The first-order valence-corrected chi connectivity index (χ1v) is 6.83. The molecule has 2 aromatic rings. The summed E-state index contributed by atoms with van der Waals surface area (Å²) in [4.78, 5) is 12.3. The molecule has 104 valence electrons. The molecule has 5 nitrogen and oxygen atoms in total. The van der Waals surface area contributed by atoms with Crippen LogP contribution in [-0.4, -0.2) is 15.7 Å². The van der Waals surface area contributed by atoms with Crippen LogP contribution in [0.2, 0.25) is 0 Å². The third-order valence-corrected chi connectivity index (χ3v) is 3.75. The second kappa shape index (κ2) is 5.00. The average molecular weight is 270 g/mol. The number of carbonyl (C=O) groups is 1. The summed E-state index contributed by atoms with van der Waals surface area (Å²) in [6.07, 6.45) is 4.76. The van der Waals surface area contributed by atoms with E-state index < -0.39 is 0 Å². The fourth-order valence-corrected chi connectivity index (χ4v) is 2.81. The molecule has 0 saturated heterocycles. The molecule has 1 amide bonds. The highest BCUT2D eigenvalue weighted by Gasteiger charge is 2.23. The second-order valence-electron chi connectivity index (χ2n) is 5.22. The standard InChI is InChI=1S/C15H18N4O/c1-19-9-12(16)14(18-19)15(20)17-13-8-4-6-10-5-2-3-7-11(10)13/h2-3,5,7,9,13H,4,6,8,16H2,1H3,(H,17,20). The highest BCUT2D eigenvalue weighted by molar-refractivity contribution is 5.97. The van der Waals surface area contributed by atoms with Crippen LogP contribution in [0.25, 0.3) is 0 Å². The Kier molecular flexibility index (Phi) is 3.18. The number of hydrogen-bond acceptors (Lipinski definition) is 3. The molecule has 5 heteroatoms. The zero-order valence-corrected chi connectivity index (χ0v) is 11.5. The van der Waals surface area contributed by atoms with Crippen molar-refractivity contribution in [2.45, 2.75) is 25.3 Å². The van der Waals surface area contributed by atoms with Crippen molar-refractivity contribution in [2.24, 2.45) is 7.05 Å². The Morgan fingerprint density at radius 2 is 2.25 bits per heavy atom. The number of benzene rings is 1. The molecule has 1 aliphatic carbocycles. The Labute approximate surface area is 117 Å². The Bertz CT molecular complexity index is 647. The van der Waals surface area contributed by atoms with E-state index >= 15 is 0 Å². The van der Waals surface area contributed by atoms with Gasteiger partial charge in [0.05, 0.1) is 11.7 Å². The topological polar surface area (TPSA) is 72.9 Å². The van der Waals surface area contributed by atoms with Gasteiger partial charge in [-0.3, -0.25) is 9.48 Å². The Balaban J connectivity index is 1.82. The minimum absolute atomic E-state index is 0.0499. The van der Waals surface area contributed by atoms with Crippen LogP contribution in [0, 0.1) is 0 Å². The van der Waals surface area contributed by atoms with Gasteiger partial charge in [0.1, 0.15) is 0 Å². The van der Waals surface area contributed by atoms with Crippen molar-refractivity contribution in [1.82, 2.24) is 15.1 Å². The zero-order valence-electron chi connectivity index (χ0n) is 11.5. The highest BCUT2D eigenvalue weighted by Crippen LogP contribution is 2.29. The molecule has 0 aliphatic heterocycles. The van der Waals surface area contributed by atoms with E-state index in [0.717, 1.165) is 19.3 Å². The molecule has 1 unspecified atom stereocenters. The number of rotatable bonds is 2. The number of anilines is 1. The van der Waals surface area contributed by atoms with E-state index in [2.05, 4.69) is 22.5 Å². The number of nitrogen functional groups attached to an aromatic ring is 1. The quantitative estimate of drug-likeness (QED) is 0.874. The number of hydrogen-bond donors (Lipinski definition) is 2. The summed E-state index contributed by atoms with van der Waals surface area (Å²) in [5.74, 6) is -0.204. The van der Waals surface area contributed by atoms with Crippen molar-refractivity contribution < 1.29 is 4.79 Å². The fourth-order valence-electron chi connectivity index (χ4n) is 2.81. The number of nitrogens with two attached hydrogens (primary N) is 1. The van der Waals surface area contributed by atoms with Gasteiger partial charge >= 0.3 is 0 Å². The molecule has 0 spiro atoms. The van der Waals surface area contributed by atoms with E-state index in [9.17, 15) is 4.79 Å².